The number of anilines is 1. The number of nitro benzene ring substituents is 1. The largest absolute Gasteiger partial charge is 0.388 e. The minimum atomic E-state index is -0.949. The van der Waals surface area contributed by atoms with Crippen LogP contribution >= 0.6 is 0 Å². The van der Waals surface area contributed by atoms with E-state index >= 15 is 0 Å². The Morgan fingerprint density at radius 3 is 2.63 bits per heavy atom. The van der Waals surface area contributed by atoms with E-state index in [2.05, 4.69) is 5.32 Å². The molecule has 1 atom stereocenters. The third-order valence-corrected chi connectivity index (χ3v) is 2.61. The average Bonchev–Trinajstić information content (AvgIpc) is 2.24. The first-order chi connectivity index (χ1) is 8.69. The van der Waals surface area contributed by atoms with Gasteiger partial charge in [-0.1, -0.05) is 13.8 Å². The van der Waals surface area contributed by atoms with Crippen LogP contribution in [-0.4, -0.2) is 22.2 Å². The third kappa shape index (κ3) is 5.21. The molecule has 5 nitrogen and oxygen atoms in total. The second-order valence-electron chi connectivity index (χ2n) is 5.40. The molecule has 2 N–H and O–H groups in total. The van der Waals surface area contributed by atoms with Crippen molar-refractivity contribution in [2.75, 3.05) is 11.9 Å². The maximum absolute atomic E-state index is 13.2. The van der Waals surface area contributed by atoms with Crippen LogP contribution < -0.4 is 5.32 Å². The van der Waals surface area contributed by atoms with Crippen molar-refractivity contribution in [2.24, 2.45) is 5.92 Å². The SMILES string of the molecule is CC(C)CC(C)(O)CNc1cc(F)cc([N+](=O)[O-])c1. The molecule has 0 saturated heterocycles. The van der Waals surface area contributed by atoms with Crippen LogP contribution in [0, 0.1) is 21.8 Å². The zero-order chi connectivity index (χ0) is 14.6. The maximum atomic E-state index is 13.2. The summed E-state index contributed by atoms with van der Waals surface area (Å²) >= 11 is 0. The number of nitrogens with zero attached hydrogens (tertiary/aromatic N) is 1. The van der Waals surface area contributed by atoms with Crippen LogP contribution in [-0.2, 0) is 0 Å². The van der Waals surface area contributed by atoms with E-state index < -0.39 is 16.3 Å². The molecule has 1 unspecified atom stereocenters. The Kier molecular flexibility index (Phi) is 4.83. The molecule has 0 amide bonds. The van der Waals surface area contributed by atoms with E-state index in [0.717, 1.165) is 6.07 Å². The summed E-state index contributed by atoms with van der Waals surface area (Å²) in [7, 11) is 0. The predicted octanol–water partition coefficient (Wildman–Crippen LogP) is 2.94. The Balaban J connectivity index is 2.75. The van der Waals surface area contributed by atoms with Crippen molar-refractivity contribution < 1.29 is 14.4 Å². The highest BCUT2D eigenvalue weighted by atomic mass is 19.1. The topological polar surface area (TPSA) is 75.4 Å². The molecule has 0 heterocycles. The number of nitrogens with one attached hydrogen (secondary N) is 1. The fourth-order valence-electron chi connectivity index (χ4n) is 2.03. The summed E-state index contributed by atoms with van der Waals surface area (Å²) in [4.78, 5) is 9.96. The van der Waals surface area contributed by atoms with Crippen molar-refractivity contribution in [1.29, 1.82) is 0 Å². The maximum Gasteiger partial charge on any atom is 0.274 e. The number of hydrogen-bond donors (Lipinski definition) is 2. The van der Waals surface area contributed by atoms with Crippen molar-refractivity contribution in [1.82, 2.24) is 0 Å². The van der Waals surface area contributed by atoms with Gasteiger partial charge < -0.3 is 10.4 Å². The third-order valence-electron chi connectivity index (χ3n) is 2.61. The number of aliphatic hydroxyl groups is 1. The molecule has 0 radical (unpaired) electrons. The molecule has 0 aliphatic rings. The van der Waals surface area contributed by atoms with Gasteiger partial charge >= 0.3 is 0 Å². The van der Waals surface area contributed by atoms with Gasteiger partial charge in [-0.05, 0) is 25.3 Å². The van der Waals surface area contributed by atoms with Gasteiger partial charge in [-0.2, -0.15) is 0 Å². The number of benzene rings is 1. The van der Waals surface area contributed by atoms with Crippen LogP contribution in [0.2, 0.25) is 0 Å². The highest BCUT2D eigenvalue weighted by Gasteiger charge is 2.22. The van der Waals surface area contributed by atoms with Gasteiger partial charge in [0.2, 0.25) is 0 Å². The normalized spacial score (nSPS) is 14.2. The Bertz CT molecular complexity index is 461. The fourth-order valence-corrected chi connectivity index (χ4v) is 2.03. The lowest BCUT2D eigenvalue weighted by Gasteiger charge is -2.26. The summed E-state index contributed by atoms with van der Waals surface area (Å²) in [5.41, 5.74) is -0.975. The monoisotopic (exact) mass is 270 g/mol. The standard InChI is InChI=1S/C13H19FN2O3/c1-9(2)7-13(3,17)8-15-11-4-10(14)5-12(6-11)16(18)19/h4-6,9,15,17H,7-8H2,1-3H3. The number of rotatable bonds is 6. The molecule has 0 aliphatic carbocycles. The second-order valence-corrected chi connectivity index (χ2v) is 5.40. The molecule has 0 saturated carbocycles. The van der Waals surface area contributed by atoms with Gasteiger partial charge in [0, 0.05) is 18.3 Å². The minimum absolute atomic E-state index is 0.200. The van der Waals surface area contributed by atoms with E-state index in [1.807, 2.05) is 13.8 Å². The molecule has 0 bridgehead atoms. The lowest BCUT2D eigenvalue weighted by Crippen LogP contribution is -2.34. The van der Waals surface area contributed by atoms with E-state index in [-0.39, 0.29) is 17.9 Å². The Labute approximate surface area is 111 Å². The molecule has 0 aromatic heterocycles. The van der Waals surface area contributed by atoms with Crippen molar-refractivity contribution in [3.8, 4) is 0 Å². The summed E-state index contributed by atoms with van der Waals surface area (Å²) in [5.74, 6) is -0.362. The quantitative estimate of drug-likeness (QED) is 0.615. The molecule has 0 spiro atoms. The molecule has 106 valence electrons. The number of nitro groups is 1. The molecule has 6 heteroatoms. The molecular weight excluding hydrogens is 251 g/mol. The van der Waals surface area contributed by atoms with Gasteiger partial charge in [0.1, 0.15) is 5.82 Å². The van der Waals surface area contributed by atoms with Gasteiger partial charge in [0.25, 0.3) is 5.69 Å². The summed E-state index contributed by atoms with van der Waals surface area (Å²) < 4.78 is 13.2. The first kappa shape index (κ1) is 15.4. The first-order valence-corrected chi connectivity index (χ1v) is 6.11. The van der Waals surface area contributed by atoms with E-state index in [1.54, 1.807) is 6.92 Å². The van der Waals surface area contributed by atoms with Gasteiger partial charge in [0.05, 0.1) is 16.6 Å². The van der Waals surface area contributed by atoms with Crippen molar-refractivity contribution in [2.45, 2.75) is 32.8 Å². The highest BCUT2D eigenvalue weighted by molar-refractivity contribution is 5.51. The zero-order valence-electron chi connectivity index (χ0n) is 11.3. The van der Waals surface area contributed by atoms with E-state index in [4.69, 9.17) is 0 Å². The smallest absolute Gasteiger partial charge is 0.274 e. The molecule has 1 rings (SSSR count). The number of hydrogen-bond acceptors (Lipinski definition) is 4. The molecule has 19 heavy (non-hydrogen) atoms. The van der Waals surface area contributed by atoms with Gasteiger partial charge in [-0.3, -0.25) is 10.1 Å². The summed E-state index contributed by atoms with van der Waals surface area (Å²) in [6.07, 6.45) is 0.581. The van der Waals surface area contributed by atoms with Crippen LogP contribution in [0.1, 0.15) is 27.2 Å². The van der Waals surface area contributed by atoms with Crippen molar-refractivity contribution >= 4 is 11.4 Å². The van der Waals surface area contributed by atoms with Crippen molar-refractivity contribution in [3.05, 3.63) is 34.1 Å². The van der Waals surface area contributed by atoms with Crippen LogP contribution in [0.3, 0.4) is 0 Å². The van der Waals surface area contributed by atoms with Crippen LogP contribution in [0.4, 0.5) is 15.8 Å². The van der Waals surface area contributed by atoms with Crippen LogP contribution in [0.25, 0.3) is 0 Å². The first-order valence-electron chi connectivity index (χ1n) is 6.11. The van der Waals surface area contributed by atoms with E-state index in [0.29, 0.717) is 12.3 Å². The predicted molar refractivity (Wildman–Crippen MR) is 71.6 cm³/mol. The lowest BCUT2D eigenvalue weighted by molar-refractivity contribution is -0.385. The second kappa shape index (κ2) is 5.97. The molecular formula is C13H19FN2O3. The van der Waals surface area contributed by atoms with Crippen LogP contribution in [0.15, 0.2) is 18.2 Å². The number of non-ortho nitro benzene ring substituents is 1. The average molecular weight is 270 g/mol. The fraction of sp³-hybridized carbons (Fsp3) is 0.538. The van der Waals surface area contributed by atoms with E-state index in [9.17, 15) is 19.6 Å². The van der Waals surface area contributed by atoms with Gasteiger partial charge in [-0.25, -0.2) is 4.39 Å². The molecule has 1 aromatic carbocycles. The van der Waals surface area contributed by atoms with Gasteiger partial charge in [-0.15, -0.1) is 0 Å². The zero-order valence-corrected chi connectivity index (χ0v) is 11.3. The lowest BCUT2D eigenvalue weighted by atomic mass is 9.94. The molecule has 0 fully saturated rings. The Hall–Kier alpha value is -1.69. The number of halogens is 1. The van der Waals surface area contributed by atoms with Crippen LogP contribution in [0.5, 0.6) is 0 Å². The van der Waals surface area contributed by atoms with Crippen molar-refractivity contribution in [3.63, 3.8) is 0 Å². The van der Waals surface area contributed by atoms with E-state index in [1.165, 1.54) is 12.1 Å². The Morgan fingerprint density at radius 2 is 2.11 bits per heavy atom. The minimum Gasteiger partial charge on any atom is -0.388 e. The summed E-state index contributed by atoms with van der Waals surface area (Å²) in [6, 6.07) is 3.27. The molecule has 0 aliphatic heterocycles. The Morgan fingerprint density at radius 1 is 1.47 bits per heavy atom. The summed E-state index contributed by atoms with van der Waals surface area (Å²) in [6.45, 7) is 5.85. The summed E-state index contributed by atoms with van der Waals surface area (Å²) in [5, 5.41) is 23.5. The highest BCUT2D eigenvalue weighted by Crippen LogP contribution is 2.22. The molecule has 1 aromatic rings. The van der Waals surface area contributed by atoms with Gasteiger partial charge in [0.15, 0.2) is 0 Å².